The lowest BCUT2D eigenvalue weighted by Gasteiger charge is -2.04. The highest BCUT2D eigenvalue weighted by molar-refractivity contribution is 5.50. The van der Waals surface area contributed by atoms with E-state index >= 15 is 0 Å². The van der Waals surface area contributed by atoms with Crippen molar-refractivity contribution >= 4 is 5.69 Å². The topological polar surface area (TPSA) is 46.2 Å². The van der Waals surface area contributed by atoms with Crippen LogP contribution >= 0.6 is 0 Å². The Bertz CT molecular complexity index is 292. The summed E-state index contributed by atoms with van der Waals surface area (Å²) in [6, 6.07) is 5.17. The van der Waals surface area contributed by atoms with Crippen LogP contribution in [0.1, 0.15) is 18.4 Å². The van der Waals surface area contributed by atoms with Gasteiger partial charge in [-0.3, -0.25) is 0 Å². The van der Waals surface area contributed by atoms with Crippen LogP contribution in [-0.4, -0.2) is 5.11 Å². The van der Waals surface area contributed by atoms with Gasteiger partial charge < -0.3 is 10.8 Å². The fourth-order valence-electron chi connectivity index (χ4n) is 1.40. The predicted octanol–water partition coefficient (Wildman–Crippen LogP) is 1.93. The van der Waals surface area contributed by atoms with E-state index in [4.69, 9.17) is 5.73 Å². The Kier molecular flexibility index (Phi) is 1.68. The summed E-state index contributed by atoms with van der Waals surface area (Å²) >= 11 is 0. The third kappa shape index (κ3) is 1.52. The van der Waals surface area contributed by atoms with Gasteiger partial charge in [0.05, 0.1) is 0 Å². The van der Waals surface area contributed by atoms with Crippen molar-refractivity contribution in [2.75, 3.05) is 5.73 Å². The molecule has 1 aromatic rings. The van der Waals surface area contributed by atoms with E-state index in [1.54, 1.807) is 18.2 Å². The standard InChI is InChI=1S/C10H13NO/c11-10-4-3-9(12)6-8(10)5-7-1-2-7/h3-4,6-7,12H,1-2,5,11H2. The lowest BCUT2D eigenvalue weighted by atomic mass is 10.1. The number of phenols is 1. The van der Waals surface area contributed by atoms with Gasteiger partial charge in [-0.2, -0.15) is 0 Å². The third-order valence-electron chi connectivity index (χ3n) is 2.33. The van der Waals surface area contributed by atoms with Gasteiger partial charge in [-0.25, -0.2) is 0 Å². The summed E-state index contributed by atoms with van der Waals surface area (Å²) in [5.74, 6) is 1.13. The SMILES string of the molecule is Nc1ccc(O)cc1CC1CC1. The van der Waals surface area contributed by atoms with Crippen LogP contribution in [0, 0.1) is 5.92 Å². The molecule has 0 radical (unpaired) electrons. The van der Waals surface area contributed by atoms with E-state index < -0.39 is 0 Å². The molecule has 0 unspecified atom stereocenters. The molecule has 0 aromatic heterocycles. The number of rotatable bonds is 2. The molecule has 3 N–H and O–H groups in total. The van der Waals surface area contributed by atoms with E-state index in [0.717, 1.165) is 23.6 Å². The van der Waals surface area contributed by atoms with E-state index in [0.29, 0.717) is 5.75 Å². The van der Waals surface area contributed by atoms with Gasteiger partial charge in [0, 0.05) is 5.69 Å². The van der Waals surface area contributed by atoms with Gasteiger partial charge in [0.1, 0.15) is 5.75 Å². The van der Waals surface area contributed by atoms with Gasteiger partial charge in [0.15, 0.2) is 0 Å². The van der Waals surface area contributed by atoms with Crippen LogP contribution < -0.4 is 5.73 Å². The molecule has 1 aliphatic rings. The number of nitrogen functional groups attached to an aromatic ring is 1. The summed E-state index contributed by atoms with van der Waals surface area (Å²) in [4.78, 5) is 0. The fraction of sp³-hybridized carbons (Fsp3) is 0.400. The Morgan fingerprint density at radius 2 is 2.17 bits per heavy atom. The highest BCUT2D eigenvalue weighted by atomic mass is 16.3. The van der Waals surface area contributed by atoms with Crippen LogP contribution in [0.3, 0.4) is 0 Å². The average molecular weight is 163 g/mol. The minimum atomic E-state index is 0.319. The zero-order chi connectivity index (χ0) is 8.55. The third-order valence-corrected chi connectivity index (χ3v) is 2.33. The van der Waals surface area contributed by atoms with Gasteiger partial charge in [0.2, 0.25) is 0 Å². The van der Waals surface area contributed by atoms with E-state index in [9.17, 15) is 5.11 Å². The number of nitrogens with two attached hydrogens (primary N) is 1. The van der Waals surface area contributed by atoms with Gasteiger partial charge in [-0.05, 0) is 48.9 Å². The second-order valence-electron chi connectivity index (χ2n) is 3.53. The molecule has 0 saturated heterocycles. The maximum atomic E-state index is 9.22. The Hall–Kier alpha value is -1.18. The molecule has 0 amide bonds. The zero-order valence-electron chi connectivity index (χ0n) is 6.96. The smallest absolute Gasteiger partial charge is 0.116 e. The summed E-state index contributed by atoms with van der Waals surface area (Å²) in [7, 11) is 0. The lowest BCUT2D eigenvalue weighted by Crippen LogP contribution is -1.94. The van der Waals surface area contributed by atoms with E-state index in [1.165, 1.54) is 12.8 Å². The summed E-state index contributed by atoms with van der Waals surface area (Å²) in [5, 5.41) is 9.22. The minimum absolute atomic E-state index is 0.319. The van der Waals surface area contributed by atoms with Gasteiger partial charge in [0.25, 0.3) is 0 Å². The molecular weight excluding hydrogens is 150 g/mol. The summed E-state index contributed by atoms with van der Waals surface area (Å²) in [6.45, 7) is 0. The van der Waals surface area contributed by atoms with Crippen molar-refractivity contribution in [3.8, 4) is 5.75 Å². The van der Waals surface area contributed by atoms with Crippen LogP contribution in [0.2, 0.25) is 0 Å². The van der Waals surface area contributed by atoms with Gasteiger partial charge >= 0.3 is 0 Å². The first-order chi connectivity index (χ1) is 5.75. The van der Waals surface area contributed by atoms with E-state index in [2.05, 4.69) is 0 Å². The predicted molar refractivity (Wildman–Crippen MR) is 48.9 cm³/mol. The molecule has 12 heavy (non-hydrogen) atoms. The molecule has 0 aliphatic heterocycles. The molecule has 1 aromatic carbocycles. The molecule has 0 spiro atoms. The highest BCUT2D eigenvalue weighted by Crippen LogP contribution is 2.34. The van der Waals surface area contributed by atoms with Crippen molar-refractivity contribution in [2.24, 2.45) is 5.92 Å². The second kappa shape index (κ2) is 2.70. The maximum absolute atomic E-state index is 9.22. The van der Waals surface area contributed by atoms with Crippen molar-refractivity contribution in [2.45, 2.75) is 19.3 Å². The number of hydrogen-bond acceptors (Lipinski definition) is 2. The van der Waals surface area contributed by atoms with Crippen molar-refractivity contribution in [1.29, 1.82) is 0 Å². The lowest BCUT2D eigenvalue weighted by molar-refractivity contribution is 0.474. The fourth-order valence-corrected chi connectivity index (χ4v) is 1.40. The molecular formula is C10H13NO. The zero-order valence-corrected chi connectivity index (χ0v) is 6.96. The molecule has 0 bridgehead atoms. The monoisotopic (exact) mass is 163 g/mol. The summed E-state index contributed by atoms with van der Waals surface area (Å²) < 4.78 is 0. The van der Waals surface area contributed by atoms with Crippen LogP contribution in [0.15, 0.2) is 18.2 Å². The number of aromatic hydroxyl groups is 1. The van der Waals surface area contributed by atoms with Crippen molar-refractivity contribution in [3.05, 3.63) is 23.8 Å². The number of hydrogen-bond donors (Lipinski definition) is 2. The molecule has 64 valence electrons. The largest absolute Gasteiger partial charge is 0.508 e. The van der Waals surface area contributed by atoms with Gasteiger partial charge in [-0.1, -0.05) is 0 Å². The van der Waals surface area contributed by atoms with Crippen LogP contribution in [0.4, 0.5) is 5.69 Å². The second-order valence-corrected chi connectivity index (χ2v) is 3.53. The molecule has 2 rings (SSSR count). The van der Waals surface area contributed by atoms with Gasteiger partial charge in [-0.15, -0.1) is 0 Å². The molecule has 0 heterocycles. The molecule has 2 nitrogen and oxygen atoms in total. The summed E-state index contributed by atoms with van der Waals surface area (Å²) in [5.41, 5.74) is 7.65. The minimum Gasteiger partial charge on any atom is -0.508 e. The first kappa shape index (κ1) is 7.47. The number of phenolic OH excluding ortho intramolecular Hbond substituents is 1. The van der Waals surface area contributed by atoms with Crippen molar-refractivity contribution < 1.29 is 5.11 Å². The Labute approximate surface area is 72.0 Å². The Balaban J connectivity index is 2.21. The van der Waals surface area contributed by atoms with Crippen LogP contribution in [0.25, 0.3) is 0 Å². The Morgan fingerprint density at radius 3 is 2.83 bits per heavy atom. The Morgan fingerprint density at radius 1 is 1.42 bits per heavy atom. The van der Waals surface area contributed by atoms with E-state index in [-0.39, 0.29) is 0 Å². The number of anilines is 1. The molecule has 0 atom stereocenters. The molecule has 1 saturated carbocycles. The quantitative estimate of drug-likeness (QED) is 0.517. The van der Waals surface area contributed by atoms with Crippen molar-refractivity contribution in [3.63, 3.8) is 0 Å². The highest BCUT2D eigenvalue weighted by Gasteiger charge is 2.22. The molecule has 2 heteroatoms. The average Bonchev–Trinajstić information content (AvgIpc) is 2.81. The number of benzene rings is 1. The van der Waals surface area contributed by atoms with Crippen molar-refractivity contribution in [1.82, 2.24) is 0 Å². The van der Waals surface area contributed by atoms with Crippen LogP contribution in [-0.2, 0) is 6.42 Å². The normalized spacial score (nSPS) is 16.3. The first-order valence-electron chi connectivity index (χ1n) is 4.33. The van der Waals surface area contributed by atoms with E-state index in [1.807, 2.05) is 0 Å². The maximum Gasteiger partial charge on any atom is 0.116 e. The first-order valence-corrected chi connectivity index (χ1v) is 4.33. The molecule has 1 fully saturated rings. The molecule has 1 aliphatic carbocycles. The van der Waals surface area contributed by atoms with Crippen LogP contribution in [0.5, 0.6) is 5.75 Å². The summed E-state index contributed by atoms with van der Waals surface area (Å²) in [6.07, 6.45) is 3.66.